The van der Waals surface area contributed by atoms with Crippen molar-refractivity contribution >= 4 is 11.6 Å². The molecule has 1 aromatic heterocycles. The molecule has 0 spiro atoms. The van der Waals surface area contributed by atoms with E-state index in [0.717, 1.165) is 0 Å². The van der Waals surface area contributed by atoms with Gasteiger partial charge in [0.2, 0.25) is 5.91 Å². The Morgan fingerprint density at radius 3 is 2.76 bits per heavy atom. The molecule has 0 aromatic carbocycles. The molecule has 1 amide bonds. The Kier molecular flexibility index (Phi) is 4.11. The first-order valence-corrected chi connectivity index (χ1v) is 5.02. The molecule has 0 fully saturated rings. The lowest BCUT2D eigenvalue weighted by Crippen LogP contribution is -2.28. The third-order valence-corrected chi connectivity index (χ3v) is 2.35. The van der Waals surface area contributed by atoms with Crippen LogP contribution in [0, 0.1) is 24.0 Å². The quantitative estimate of drug-likeness (QED) is 0.561. The molecular weight excluding hydrogens is 224 g/mol. The van der Waals surface area contributed by atoms with Gasteiger partial charge in [-0.3, -0.25) is 19.9 Å². The van der Waals surface area contributed by atoms with Crippen molar-refractivity contribution in [3.63, 3.8) is 0 Å². The van der Waals surface area contributed by atoms with Gasteiger partial charge in [-0.1, -0.05) is 0 Å². The zero-order valence-electron chi connectivity index (χ0n) is 9.69. The van der Waals surface area contributed by atoms with Gasteiger partial charge in [0, 0.05) is 23.9 Å². The van der Waals surface area contributed by atoms with Crippen molar-refractivity contribution in [2.24, 2.45) is 5.73 Å². The van der Waals surface area contributed by atoms with Crippen molar-refractivity contribution in [3.05, 3.63) is 33.1 Å². The summed E-state index contributed by atoms with van der Waals surface area (Å²) in [6.45, 7) is 3.57. The maximum Gasteiger partial charge on any atom is 0.278 e. The zero-order chi connectivity index (χ0) is 13.0. The predicted molar refractivity (Wildman–Crippen MR) is 61.3 cm³/mol. The molecule has 0 aliphatic heterocycles. The molecule has 1 heterocycles. The second kappa shape index (κ2) is 5.35. The number of pyridine rings is 1. The van der Waals surface area contributed by atoms with Gasteiger partial charge in [-0.15, -0.1) is 0 Å². The van der Waals surface area contributed by atoms with Crippen molar-refractivity contribution in [2.75, 3.05) is 6.54 Å². The van der Waals surface area contributed by atoms with Gasteiger partial charge in [0.1, 0.15) is 0 Å². The Bertz CT molecular complexity index is 459. The molecule has 1 rings (SSSR count). The van der Waals surface area contributed by atoms with Gasteiger partial charge in [0.25, 0.3) is 5.69 Å². The van der Waals surface area contributed by atoms with Crippen LogP contribution >= 0.6 is 0 Å². The summed E-state index contributed by atoms with van der Waals surface area (Å²) >= 11 is 0. The Morgan fingerprint density at radius 2 is 2.24 bits per heavy atom. The average Bonchev–Trinajstić information content (AvgIpc) is 2.20. The summed E-state index contributed by atoms with van der Waals surface area (Å²) in [5, 5.41) is 13.6. The number of nitrogens with one attached hydrogen (secondary N) is 1. The average molecular weight is 238 g/mol. The number of carbonyl (C=O) groups is 1. The fourth-order valence-corrected chi connectivity index (χ4v) is 1.53. The maximum absolute atomic E-state index is 10.9. The number of aryl methyl sites for hydroxylation is 1. The number of nitrogens with zero attached hydrogens (tertiary/aromatic N) is 2. The Labute approximate surface area is 98.2 Å². The monoisotopic (exact) mass is 238 g/mol. The Balaban J connectivity index is 2.91. The third kappa shape index (κ3) is 3.22. The van der Waals surface area contributed by atoms with E-state index in [4.69, 9.17) is 5.73 Å². The van der Waals surface area contributed by atoms with Crippen LogP contribution < -0.4 is 11.1 Å². The highest BCUT2D eigenvalue weighted by molar-refractivity contribution is 5.75. The van der Waals surface area contributed by atoms with Crippen molar-refractivity contribution in [3.8, 4) is 0 Å². The number of amides is 1. The normalized spacial score (nSPS) is 10.2. The minimum Gasteiger partial charge on any atom is -0.369 e. The lowest BCUT2D eigenvalue weighted by Gasteiger charge is -2.07. The number of hydrogen-bond donors (Lipinski definition) is 2. The summed E-state index contributed by atoms with van der Waals surface area (Å²) < 4.78 is 0. The summed E-state index contributed by atoms with van der Waals surface area (Å²) in [5.74, 6) is -0.482. The van der Waals surface area contributed by atoms with Gasteiger partial charge in [0.05, 0.1) is 17.2 Å². The number of rotatable bonds is 5. The molecule has 17 heavy (non-hydrogen) atoms. The van der Waals surface area contributed by atoms with E-state index < -0.39 is 10.8 Å². The molecule has 0 radical (unpaired) electrons. The van der Waals surface area contributed by atoms with Crippen LogP contribution in [-0.4, -0.2) is 22.4 Å². The number of nitrogens with two attached hydrogens (primary N) is 1. The molecule has 0 aliphatic rings. The topological polar surface area (TPSA) is 111 Å². The molecule has 0 saturated heterocycles. The van der Waals surface area contributed by atoms with Crippen LogP contribution in [0.4, 0.5) is 5.69 Å². The van der Waals surface area contributed by atoms with Crippen molar-refractivity contribution in [2.45, 2.75) is 20.4 Å². The molecule has 7 nitrogen and oxygen atoms in total. The van der Waals surface area contributed by atoms with Crippen molar-refractivity contribution < 1.29 is 9.72 Å². The number of hydrogen-bond acceptors (Lipinski definition) is 5. The van der Waals surface area contributed by atoms with Crippen molar-refractivity contribution in [1.29, 1.82) is 0 Å². The molecule has 0 atom stereocenters. The maximum atomic E-state index is 10.9. The van der Waals surface area contributed by atoms with E-state index in [0.29, 0.717) is 16.8 Å². The van der Waals surface area contributed by atoms with Crippen LogP contribution in [0.2, 0.25) is 0 Å². The largest absolute Gasteiger partial charge is 0.369 e. The molecule has 1 aromatic rings. The molecule has 92 valence electrons. The predicted octanol–water partition coefficient (Wildman–Crippen LogP) is 0.182. The fourth-order valence-electron chi connectivity index (χ4n) is 1.53. The van der Waals surface area contributed by atoms with E-state index in [2.05, 4.69) is 10.3 Å². The van der Waals surface area contributed by atoms with Gasteiger partial charge < -0.3 is 11.1 Å². The van der Waals surface area contributed by atoms with E-state index in [1.807, 2.05) is 0 Å². The minimum atomic E-state index is -0.482. The van der Waals surface area contributed by atoms with Crippen LogP contribution in [-0.2, 0) is 11.3 Å². The number of nitro groups is 1. The highest BCUT2D eigenvalue weighted by Gasteiger charge is 2.18. The van der Waals surface area contributed by atoms with Crippen LogP contribution in [0.15, 0.2) is 6.20 Å². The summed E-state index contributed by atoms with van der Waals surface area (Å²) in [6.07, 6.45) is 1.45. The summed E-state index contributed by atoms with van der Waals surface area (Å²) in [6, 6.07) is 0. The van der Waals surface area contributed by atoms with Crippen molar-refractivity contribution in [1.82, 2.24) is 10.3 Å². The van der Waals surface area contributed by atoms with E-state index in [1.165, 1.54) is 6.20 Å². The summed E-state index contributed by atoms with van der Waals surface area (Å²) in [4.78, 5) is 25.1. The van der Waals surface area contributed by atoms with Crippen LogP contribution in [0.25, 0.3) is 0 Å². The van der Waals surface area contributed by atoms with Gasteiger partial charge in [-0.2, -0.15) is 0 Å². The molecule has 0 bridgehead atoms. The number of primary amides is 1. The first kappa shape index (κ1) is 13.0. The van der Waals surface area contributed by atoms with Crippen LogP contribution in [0.5, 0.6) is 0 Å². The number of carbonyl (C=O) groups excluding carboxylic acids is 1. The Hall–Kier alpha value is -2.02. The highest BCUT2D eigenvalue weighted by Crippen LogP contribution is 2.23. The second-order valence-electron chi connectivity index (χ2n) is 3.69. The summed E-state index contributed by atoms with van der Waals surface area (Å²) in [7, 11) is 0. The van der Waals surface area contributed by atoms with E-state index in [1.54, 1.807) is 13.8 Å². The summed E-state index contributed by atoms with van der Waals surface area (Å²) in [5.41, 5.74) is 6.60. The van der Waals surface area contributed by atoms with Gasteiger partial charge in [0.15, 0.2) is 0 Å². The van der Waals surface area contributed by atoms with E-state index in [9.17, 15) is 14.9 Å². The smallest absolute Gasteiger partial charge is 0.278 e. The lowest BCUT2D eigenvalue weighted by molar-refractivity contribution is -0.386. The second-order valence-corrected chi connectivity index (χ2v) is 3.69. The van der Waals surface area contributed by atoms with Gasteiger partial charge in [-0.05, 0) is 13.8 Å². The molecular formula is C10H14N4O3. The van der Waals surface area contributed by atoms with Crippen LogP contribution in [0.3, 0.4) is 0 Å². The first-order valence-electron chi connectivity index (χ1n) is 5.02. The highest BCUT2D eigenvalue weighted by atomic mass is 16.6. The molecule has 0 unspecified atom stereocenters. The fraction of sp³-hybridized carbons (Fsp3) is 0.400. The van der Waals surface area contributed by atoms with Gasteiger partial charge in [-0.25, -0.2) is 0 Å². The standard InChI is InChI=1S/C10H14N4O3/c1-6-3-13-8(4-12-5-9(11)15)7(2)10(6)14(16)17/h3,12H,4-5H2,1-2H3,(H2,11,15). The molecule has 7 heteroatoms. The molecule has 0 aliphatic carbocycles. The SMILES string of the molecule is Cc1cnc(CNCC(N)=O)c(C)c1[N+](=O)[O-]. The zero-order valence-corrected chi connectivity index (χ0v) is 9.69. The molecule has 3 N–H and O–H groups in total. The minimum absolute atomic E-state index is 0.0167. The first-order chi connectivity index (χ1) is 7.93. The Morgan fingerprint density at radius 1 is 1.59 bits per heavy atom. The van der Waals surface area contributed by atoms with E-state index >= 15 is 0 Å². The molecule has 0 saturated carbocycles. The van der Waals surface area contributed by atoms with E-state index in [-0.39, 0.29) is 18.8 Å². The number of aromatic nitrogens is 1. The lowest BCUT2D eigenvalue weighted by atomic mass is 10.1. The van der Waals surface area contributed by atoms with Gasteiger partial charge >= 0.3 is 0 Å². The third-order valence-electron chi connectivity index (χ3n) is 2.35. The van der Waals surface area contributed by atoms with Crippen LogP contribution in [0.1, 0.15) is 16.8 Å².